The van der Waals surface area contributed by atoms with E-state index in [2.05, 4.69) is 35.8 Å². The molecule has 1 heterocycles. The zero-order valence-electron chi connectivity index (χ0n) is 17.4. The van der Waals surface area contributed by atoms with Crippen LogP contribution >= 0.6 is 0 Å². The van der Waals surface area contributed by atoms with E-state index in [-0.39, 0.29) is 5.78 Å². The van der Waals surface area contributed by atoms with Crippen molar-refractivity contribution in [2.45, 2.75) is 40.7 Å². The van der Waals surface area contributed by atoms with Crippen LogP contribution in [-0.4, -0.2) is 36.9 Å². The van der Waals surface area contributed by atoms with Crippen LogP contribution < -0.4 is 4.90 Å². The second-order valence-corrected chi connectivity index (χ2v) is 7.82. The fourth-order valence-electron chi connectivity index (χ4n) is 4.37. The smallest absolute Gasteiger partial charge is 0.160 e. The van der Waals surface area contributed by atoms with Gasteiger partial charge in [-0.3, -0.25) is 9.69 Å². The lowest BCUT2D eigenvalue weighted by Gasteiger charge is -2.25. The first-order valence-electron chi connectivity index (χ1n) is 9.98. The Hall–Kier alpha value is -2.64. The molecule has 0 amide bonds. The summed E-state index contributed by atoms with van der Waals surface area (Å²) in [6.07, 6.45) is 1.10. The van der Waals surface area contributed by atoms with Crippen molar-refractivity contribution in [1.82, 2.24) is 4.90 Å². The zero-order valence-corrected chi connectivity index (χ0v) is 17.4. The number of rotatable bonds is 4. The highest BCUT2D eigenvalue weighted by molar-refractivity contribution is 5.97. The molecule has 0 unspecified atom stereocenters. The van der Waals surface area contributed by atoms with Crippen molar-refractivity contribution in [3.05, 3.63) is 63.7 Å². The van der Waals surface area contributed by atoms with Gasteiger partial charge < -0.3 is 4.90 Å². The maximum atomic E-state index is 12.1. The Bertz CT molecular complexity index is 909. The summed E-state index contributed by atoms with van der Waals surface area (Å²) in [5.41, 5.74) is 7.55. The molecule has 1 aliphatic rings. The number of aryl methyl sites for hydroxylation is 2. The number of carbonyl (C=O) groups is 1. The van der Waals surface area contributed by atoms with Crippen molar-refractivity contribution in [2.75, 3.05) is 31.1 Å². The minimum atomic E-state index is 0.152. The van der Waals surface area contributed by atoms with Gasteiger partial charge in [0.1, 0.15) is 0 Å². The third-order valence-corrected chi connectivity index (χ3v) is 5.81. The summed E-state index contributed by atoms with van der Waals surface area (Å²) in [4.78, 5) is 17.0. The quantitative estimate of drug-likeness (QED) is 0.743. The van der Waals surface area contributed by atoms with Crippen LogP contribution in [0.1, 0.15) is 51.5 Å². The van der Waals surface area contributed by atoms with Gasteiger partial charge in [0.25, 0.3) is 0 Å². The molecule has 28 heavy (non-hydrogen) atoms. The van der Waals surface area contributed by atoms with Crippen molar-refractivity contribution >= 4 is 11.5 Å². The van der Waals surface area contributed by atoms with Gasteiger partial charge in [0, 0.05) is 44.0 Å². The van der Waals surface area contributed by atoms with Crippen LogP contribution in [0.5, 0.6) is 0 Å². The van der Waals surface area contributed by atoms with E-state index in [0.717, 1.165) is 55.8 Å². The summed E-state index contributed by atoms with van der Waals surface area (Å²) in [5, 5.41) is 8.98. The van der Waals surface area contributed by atoms with Gasteiger partial charge in [0.2, 0.25) is 0 Å². The van der Waals surface area contributed by atoms with E-state index in [1.54, 1.807) is 6.92 Å². The van der Waals surface area contributed by atoms with Crippen LogP contribution in [0.25, 0.3) is 0 Å². The highest BCUT2D eigenvalue weighted by Crippen LogP contribution is 2.25. The molecular weight excluding hydrogens is 346 g/mol. The lowest BCUT2D eigenvalue weighted by Crippen LogP contribution is -2.31. The third-order valence-electron chi connectivity index (χ3n) is 5.81. The van der Waals surface area contributed by atoms with Gasteiger partial charge in [0.15, 0.2) is 5.78 Å². The molecule has 3 rings (SSSR count). The summed E-state index contributed by atoms with van der Waals surface area (Å²) in [7, 11) is 0. The van der Waals surface area contributed by atoms with E-state index in [9.17, 15) is 4.79 Å². The topological polar surface area (TPSA) is 47.3 Å². The van der Waals surface area contributed by atoms with Gasteiger partial charge in [-0.25, -0.2) is 0 Å². The Morgan fingerprint density at radius 3 is 2.39 bits per heavy atom. The predicted molar refractivity (Wildman–Crippen MR) is 114 cm³/mol. The first kappa shape index (κ1) is 20.1. The van der Waals surface area contributed by atoms with Gasteiger partial charge in [-0.1, -0.05) is 6.07 Å². The van der Waals surface area contributed by atoms with E-state index < -0.39 is 0 Å². The molecule has 0 saturated carbocycles. The van der Waals surface area contributed by atoms with Gasteiger partial charge in [0.05, 0.1) is 11.6 Å². The molecule has 2 aromatic carbocycles. The molecule has 4 nitrogen and oxygen atoms in total. The summed E-state index contributed by atoms with van der Waals surface area (Å²) in [5.74, 6) is 0.152. The average Bonchev–Trinajstić information content (AvgIpc) is 2.90. The molecule has 0 atom stereocenters. The van der Waals surface area contributed by atoms with Crippen molar-refractivity contribution in [3.63, 3.8) is 0 Å². The minimum absolute atomic E-state index is 0.152. The molecule has 146 valence electrons. The van der Waals surface area contributed by atoms with Crippen LogP contribution in [0, 0.1) is 32.1 Å². The van der Waals surface area contributed by atoms with Crippen molar-refractivity contribution < 1.29 is 4.79 Å². The molecule has 0 aliphatic carbocycles. The van der Waals surface area contributed by atoms with Gasteiger partial charge in [-0.2, -0.15) is 5.26 Å². The molecule has 0 N–H and O–H groups in total. The van der Waals surface area contributed by atoms with E-state index in [4.69, 9.17) is 5.26 Å². The van der Waals surface area contributed by atoms with E-state index in [1.807, 2.05) is 31.2 Å². The fourth-order valence-corrected chi connectivity index (χ4v) is 4.37. The molecule has 0 aromatic heterocycles. The fraction of sp³-hybridized carbons (Fsp3) is 0.417. The van der Waals surface area contributed by atoms with Crippen molar-refractivity contribution in [2.24, 2.45) is 0 Å². The first-order chi connectivity index (χ1) is 13.4. The highest BCUT2D eigenvalue weighted by atomic mass is 16.1. The normalized spacial score (nSPS) is 15.2. The van der Waals surface area contributed by atoms with Crippen LogP contribution in [0.4, 0.5) is 5.69 Å². The second kappa shape index (κ2) is 8.58. The lowest BCUT2D eigenvalue weighted by atomic mass is 9.91. The number of hydrogen-bond acceptors (Lipinski definition) is 4. The third kappa shape index (κ3) is 4.26. The van der Waals surface area contributed by atoms with E-state index in [0.29, 0.717) is 5.56 Å². The summed E-state index contributed by atoms with van der Waals surface area (Å²) < 4.78 is 0. The largest absolute Gasteiger partial charge is 0.370 e. The number of benzene rings is 2. The molecule has 1 aliphatic heterocycles. The molecule has 1 fully saturated rings. The maximum absolute atomic E-state index is 12.1. The average molecular weight is 376 g/mol. The van der Waals surface area contributed by atoms with Gasteiger partial charge in [-0.15, -0.1) is 0 Å². The number of hydrogen-bond donors (Lipinski definition) is 0. The molecular formula is C24H29N3O. The number of carbonyl (C=O) groups excluding carboxylic acids is 1. The number of anilines is 1. The number of ketones is 1. The van der Waals surface area contributed by atoms with Gasteiger partial charge >= 0.3 is 0 Å². The second-order valence-electron chi connectivity index (χ2n) is 7.82. The van der Waals surface area contributed by atoms with E-state index in [1.165, 1.54) is 16.8 Å². The standard InChI is InChI=1S/C24H29N3O/c1-17-14-18(2)24(20(4)28)19(3)23(17)16-26-10-5-11-27(13-12-26)22-8-6-21(15-25)7-9-22/h6-9,14H,5,10-13,16H2,1-4H3. The predicted octanol–water partition coefficient (Wildman–Crippen LogP) is 4.40. The first-order valence-corrected chi connectivity index (χ1v) is 9.98. The maximum Gasteiger partial charge on any atom is 0.160 e. The summed E-state index contributed by atoms with van der Waals surface area (Å²) >= 11 is 0. The van der Waals surface area contributed by atoms with Gasteiger partial charge in [-0.05, 0) is 80.6 Å². The summed E-state index contributed by atoms with van der Waals surface area (Å²) in [6, 6.07) is 12.2. The number of Topliss-reactive ketones (excluding diaryl/α,β-unsaturated/α-hetero) is 1. The number of nitriles is 1. The SMILES string of the molecule is CC(=O)c1c(C)cc(C)c(CN2CCCN(c3ccc(C#N)cc3)CC2)c1C. The monoisotopic (exact) mass is 375 g/mol. The lowest BCUT2D eigenvalue weighted by molar-refractivity contribution is 0.101. The molecule has 1 saturated heterocycles. The van der Waals surface area contributed by atoms with Crippen molar-refractivity contribution in [1.29, 1.82) is 5.26 Å². The Kier molecular flexibility index (Phi) is 6.16. The Morgan fingerprint density at radius 1 is 1.04 bits per heavy atom. The molecule has 0 bridgehead atoms. The Balaban J connectivity index is 1.74. The van der Waals surface area contributed by atoms with Crippen LogP contribution in [0.2, 0.25) is 0 Å². The highest BCUT2D eigenvalue weighted by Gasteiger charge is 2.19. The van der Waals surface area contributed by atoms with Crippen molar-refractivity contribution in [3.8, 4) is 6.07 Å². The minimum Gasteiger partial charge on any atom is -0.370 e. The zero-order chi connectivity index (χ0) is 20.3. The Morgan fingerprint density at radius 2 is 1.75 bits per heavy atom. The summed E-state index contributed by atoms with van der Waals surface area (Å²) in [6.45, 7) is 12.9. The molecule has 2 aromatic rings. The molecule has 0 radical (unpaired) electrons. The van der Waals surface area contributed by atoms with E-state index >= 15 is 0 Å². The Labute approximate surface area is 168 Å². The molecule has 4 heteroatoms. The number of nitrogens with zero attached hydrogens (tertiary/aromatic N) is 3. The van der Waals surface area contributed by atoms with Crippen LogP contribution in [0.15, 0.2) is 30.3 Å². The van der Waals surface area contributed by atoms with Crippen LogP contribution in [0.3, 0.4) is 0 Å². The van der Waals surface area contributed by atoms with Crippen LogP contribution in [-0.2, 0) is 6.54 Å². The molecule has 0 spiro atoms.